The van der Waals surface area contributed by atoms with Crippen LogP contribution in [-0.4, -0.2) is 10.9 Å². The Balaban J connectivity index is 1.52. The van der Waals surface area contributed by atoms with Crippen molar-refractivity contribution in [2.45, 2.75) is 39.0 Å². The normalized spacial score (nSPS) is 23.0. The Morgan fingerprint density at radius 3 is 2.82 bits per heavy atom. The van der Waals surface area contributed by atoms with E-state index in [1.807, 2.05) is 5.38 Å². The van der Waals surface area contributed by atoms with Gasteiger partial charge in [0.15, 0.2) is 5.13 Å². The summed E-state index contributed by atoms with van der Waals surface area (Å²) in [6.07, 6.45) is 5.98. The molecule has 114 valence electrons. The van der Waals surface area contributed by atoms with E-state index in [1.165, 1.54) is 48.1 Å². The SMILES string of the molecule is C[C@@H]1C[C@H]1C(=O)Nc1nc(-c2ccc3c(c2)CCCC3)cs1. The Hall–Kier alpha value is -1.68. The van der Waals surface area contributed by atoms with Gasteiger partial charge in [0, 0.05) is 16.9 Å². The van der Waals surface area contributed by atoms with Gasteiger partial charge in [-0.15, -0.1) is 11.3 Å². The predicted octanol–water partition coefficient (Wildman–Crippen LogP) is 4.28. The molecule has 1 aromatic heterocycles. The predicted molar refractivity (Wildman–Crippen MR) is 90.1 cm³/mol. The van der Waals surface area contributed by atoms with E-state index in [1.54, 1.807) is 0 Å². The van der Waals surface area contributed by atoms with Crippen LogP contribution in [-0.2, 0) is 17.6 Å². The fraction of sp³-hybridized carbons (Fsp3) is 0.444. The molecule has 2 aliphatic rings. The van der Waals surface area contributed by atoms with Crippen LogP contribution in [0.3, 0.4) is 0 Å². The van der Waals surface area contributed by atoms with E-state index < -0.39 is 0 Å². The summed E-state index contributed by atoms with van der Waals surface area (Å²) in [6.45, 7) is 2.12. The molecule has 2 atom stereocenters. The molecule has 1 fully saturated rings. The first-order chi connectivity index (χ1) is 10.7. The van der Waals surface area contributed by atoms with E-state index in [0.29, 0.717) is 5.92 Å². The number of aryl methyl sites for hydroxylation is 2. The van der Waals surface area contributed by atoms with Gasteiger partial charge in [0.05, 0.1) is 5.69 Å². The number of nitrogens with one attached hydrogen (secondary N) is 1. The maximum atomic E-state index is 12.0. The van der Waals surface area contributed by atoms with Crippen LogP contribution in [0.5, 0.6) is 0 Å². The molecule has 0 spiro atoms. The van der Waals surface area contributed by atoms with E-state index >= 15 is 0 Å². The molecule has 4 rings (SSSR count). The van der Waals surface area contributed by atoms with Gasteiger partial charge >= 0.3 is 0 Å². The van der Waals surface area contributed by atoms with E-state index in [9.17, 15) is 4.79 Å². The van der Waals surface area contributed by atoms with Gasteiger partial charge in [0.1, 0.15) is 0 Å². The lowest BCUT2D eigenvalue weighted by Gasteiger charge is -2.16. The number of thiazole rings is 1. The van der Waals surface area contributed by atoms with Gasteiger partial charge in [-0.2, -0.15) is 0 Å². The van der Waals surface area contributed by atoms with Crippen LogP contribution in [0, 0.1) is 11.8 Å². The zero-order chi connectivity index (χ0) is 15.1. The molecule has 22 heavy (non-hydrogen) atoms. The van der Waals surface area contributed by atoms with Gasteiger partial charge in [0.25, 0.3) is 0 Å². The smallest absolute Gasteiger partial charge is 0.229 e. The number of nitrogens with zero attached hydrogens (tertiary/aromatic N) is 1. The molecule has 4 heteroatoms. The summed E-state index contributed by atoms with van der Waals surface area (Å²) in [7, 11) is 0. The molecular weight excluding hydrogens is 292 g/mol. The van der Waals surface area contributed by atoms with Crippen molar-refractivity contribution >= 4 is 22.4 Å². The van der Waals surface area contributed by atoms with Gasteiger partial charge in [-0.25, -0.2) is 4.98 Å². The number of hydrogen-bond acceptors (Lipinski definition) is 3. The molecule has 0 aliphatic heterocycles. The van der Waals surface area contributed by atoms with Crippen molar-refractivity contribution in [1.29, 1.82) is 0 Å². The van der Waals surface area contributed by atoms with E-state index in [4.69, 9.17) is 0 Å². The zero-order valence-corrected chi connectivity index (χ0v) is 13.6. The molecule has 1 amide bonds. The molecule has 0 unspecified atom stereocenters. The summed E-state index contributed by atoms with van der Waals surface area (Å²) in [6, 6.07) is 6.68. The highest BCUT2D eigenvalue weighted by atomic mass is 32.1. The van der Waals surface area contributed by atoms with Crippen LogP contribution in [0.1, 0.15) is 37.3 Å². The minimum absolute atomic E-state index is 0.124. The van der Waals surface area contributed by atoms with Crippen LogP contribution in [0.2, 0.25) is 0 Å². The van der Waals surface area contributed by atoms with Crippen molar-refractivity contribution in [2.75, 3.05) is 5.32 Å². The highest BCUT2D eigenvalue weighted by molar-refractivity contribution is 7.14. The fourth-order valence-corrected chi connectivity index (χ4v) is 3.96. The third-order valence-electron chi connectivity index (χ3n) is 4.82. The number of rotatable bonds is 3. The topological polar surface area (TPSA) is 42.0 Å². The van der Waals surface area contributed by atoms with Crippen LogP contribution < -0.4 is 5.32 Å². The number of carbonyl (C=O) groups excluding carboxylic acids is 1. The van der Waals surface area contributed by atoms with Crippen LogP contribution in [0.25, 0.3) is 11.3 Å². The molecule has 1 heterocycles. The Morgan fingerprint density at radius 2 is 2.05 bits per heavy atom. The Bertz CT molecular complexity index is 722. The summed E-state index contributed by atoms with van der Waals surface area (Å²) < 4.78 is 0. The molecule has 2 aromatic rings. The molecule has 0 saturated heterocycles. The van der Waals surface area contributed by atoms with Crippen molar-refractivity contribution in [3.05, 3.63) is 34.7 Å². The highest BCUT2D eigenvalue weighted by Gasteiger charge is 2.39. The number of aromatic nitrogens is 1. The summed E-state index contributed by atoms with van der Waals surface area (Å²) in [4.78, 5) is 16.6. The summed E-state index contributed by atoms with van der Waals surface area (Å²) in [5.41, 5.74) is 5.09. The Labute approximate surface area is 134 Å². The molecule has 3 nitrogen and oxygen atoms in total. The minimum Gasteiger partial charge on any atom is -0.302 e. The third kappa shape index (κ3) is 2.68. The Morgan fingerprint density at radius 1 is 1.27 bits per heavy atom. The number of anilines is 1. The second-order valence-corrected chi connectivity index (χ2v) is 7.40. The molecular formula is C18H20N2OS. The average molecular weight is 312 g/mol. The van der Waals surface area contributed by atoms with Crippen molar-refractivity contribution in [1.82, 2.24) is 4.98 Å². The largest absolute Gasteiger partial charge is 0.302 e. The summed E-state index contributed by atoms with van der Waals surface area (Å²) in [5.74, 6) is 0.843. The standard InChI is InChI=1S/C18H20N2OS/c1-11-8-15(11)17(21)20-18-19-16(10-22-18)14-7-6-12-4-2-3-5-13(12)9-14/h6-7,9-11,15H,2-5,8H2,1H3,(H,19,20,21)/t11-,15-/m1/s1. The van der Waals surface area contributed by atoms with Crippen molar-refractivity contribution in [2.24, 2.45) is 11.8 Å². The first kappa shape index (κ1) is 13.9. The van der Waals surface area contributed by atoms with Crippen molar-refractivity contribution in [3.8, 4) is 11.3 Å². The van der Waals surface area contributed by atoms with Gasteiger partial charge < -0.3 is 5.32 Å². The summed E-state index contributed by atoms with van der Waals surface area (Å²) >= 11 is 1.51. The monoisotopic (exact) mass is 312 g/mol. The first-order valence-electron chi connectivity index (χ1n) is 8.09. The van der Waals surface area contributed by atoms with Gasteiger partial charge in [-0.1, -0.05) is 19.1 Å². The zero-order valence-electron chi connectivity index (χ0n) is 12.8. The van der Waals surface area contributed by atoms with Gasteiger partial charge in [-0.05, 0) is 55.2 Å². The van der Waals surface area contributed by atoms with E-state index in [-0.39, 0.29) is 11.8 Å². The number of hydrogen-bond donors (Lipinski definition) is 1. The molecule has 0 radical (unpaired) electrons. The Kier molecular flexibility index (Phi) is 3.49. The van der Waals surface area contributed by atoms with Crippen molar-refractivity contribution < 1.29 is 4.79 Å². The fourth-order valence-electron chi connectivity index (χ4n) is 3.24. The van der Waals surface area contributed by atoms with E-state index in [0.717, 1.165) is 22.8 Å². The maximum Gasteiger partial charge on any atom is 0.229 e. The lowest BCUT2D eigenvalue weighted by Crippen LogP contribution is -2.14. The van der Waals surface area contributed by atoms with Crippen LogP contribution in [0.4, 0.5) is 5.13 Å². The number of amides is 1. The lowest BCUT2D eigenvalue weighted by atomic mass is 9.90. The number of carbonyl (C=O) groups is 1. The maximum absolute atomic E-state index is 12.0. The van der Waals surface area contributed by atoms with Crippen LogP contribution >= 0.6 is 11.3 Å². The lowest BCUT2D eigenvalue weighted by molar-refractivity contribution is -0.117. The molecule has 0 bridgehead atoms. The molecule has 1 N–H and O–H groups in total. The molecule has 2 aliphatic carbocycles. The first-order valence-corrected chi connectivity index (χ1v) is 8.97. The van der Waals surface area contributed by atoms with Crippen molar-refractivity contribution in [3.63, 3.8) is 0 Å². The average Bonchev–Trinajstić information content (AvgIpc) is 3.09. The second kappa shape index (κ2) is 5.51. The third-order valence-corrected chi connectivity index (χ3v) is 5.58. The second-order valence-electron chi connectivity index (χ2n) is 6.54. The quantitative estimate of drug-likeness (QED) is 0.919. The van der Waals surface area contributed by atoms with E-state index in [2.05, 4.69) is 35.4 Å². The van der Waals surface area contributed by atoms with Gasteiger partial charge in [0.2, 0.25) is 5.91 Å². The summed E-state index contributed by atoms with van der Waals surface area (Å²) in [5, 5.41) is 5.71. The number of fused-ring (bicyclic) bond motifs is 1. The molecule has 1 saturated carbocycles. The highest BCUT2D eigenvalue weighted by Crippen LogP contribution is 2.39. The van der Waals surface area contributed by atoms with Crippen LogP contribution in [0.15, 0.2) is 23.6 Å². The van der Waals surface area contributed by atoms with Gasteiger partial charge in [-0.3, -0.25) is 4.79 Å². The minimum atomic E-state index is 0.124. The number of benzene rings is 1. The molecule has 1 aromatic carbocycles.